The lowest BCUT2D eigenvalue weighted by atomic mass is 9.58. The van der Waals surface area contributed by atoms with Gasteiger partial charge in [-0.05, 0) is 79.6 Å². The molecule has 3 aliphatic rings. The van der Waals surface area contributed by atoms with Gasteiger partial charge in [-0.1, -0.05) is 79.1 Å². The number of fused-ring (bicyclic) bond motifs is 4. The SMILES string of the molecule is CCCC1=C2[C@@H](CC/C(C)=C/c3ccc(O)c4ccccc34)OB(O)C[C@@H]2[C@@H]2C(=O)N(c3ccccc3)C(=O)[C@@H]2C1. The molecule has 2 aliphatic heterocycles. The first kappa shape index (κ1) is 27.5. The van der Waals surface area contributed by atoms with Gasteiger partial charge in [-0.25, -0.2) is 0 Å². The van der Waals surface area contributed by atoms with E-state index in [-0.39, 0.29) is 29.6 Å². The highest BCUT2D eigenvalue weighted by Gasteiger charge is 2.57. The summed E-state index contributed by atoms with van der Waals surface area (Å²) in [4.78, 5) is 28.8. The fourth-order valence-electron chi connectivity index (χ4n) is 7.26. The zero-order valence-corrected chi connectivity index (χ0v) is 23.6. The van der Waals surface area contributed by atoms with Crippen LogP contribution >= 0.6 is 0 Å². The van der Waals surface area contributed by atoms with Crippen molar-refractivity contribution < 1.29 is 24.4 Å². The predicted molar refractivity (Wildman–Crippen MR) is 162 cm³/mol. The highest BCUT2D eigenvalue weighted by Crippen LogP contribution is 2.52. The molecule has 3 aromatic rings. The molecule has 6 nitrogen and oxygen atoms in total. The molecule has 4 atom stereocenters. The van der Waals surface area contributed by atoms with E-state index in [0.717, 1.165) is 46.7 Å². The summed E-state index contributed by atoms with van der Waals surface area (Å²) < 4.78 is 6.17. The molecule has 6 rings (SSSR count). The Balaban J connectivity index is 1.28. The summed E-state index contributed by atoms with van der Waals surface area (Å²) >= 11 is 0. The van der Waals surface area contributed by atoms with Gasteiger partial charge in [0, 0.05) is 5.39 Å². The number of imide groups is 1. The first-order valence-electron chi connectivity index (χ1n) is 14.7. The van der Waals surface area contributed by atoms with Crippen LogP contribution in [0.5, 0.6) is 5.75 Å². The van der Waals surface area contributed by atoms with Gasteiger partial charge in [0.2, 0.25) is 11.8 Å². The number of para-hydroxylation sites is 1. The van der Waals surface area contributed by atoms with Crippen molar-refractivity contribution in [1.29, 1.82) is 0 Å². The summed E-state index contributed by atoms with van der Waals surface area (Å²) in [6, 6.07) is 20.7. The van der Waals surface area contributed by atoms with Crippen molar-refractivity contribution in [3.63, 3.8) is 0 Å². The largest absolute Gasteiger partial charge is 0.507 e. The predicted octanol–water partition coefficient (Wildman–Crippen LogP) is 6.53. The number of phenols is 1. The second-order valence-corrected chi connectivity index (χ2v) is 11.7. The van der Waals surface area contributed by atoms with Crippen LogP contribution in [0.3, 0.4) is 0 Å². The molecule has 0 saturated carbocycles. The molecule has 2 amide bonds. The zero-order valence-electron chi connectivity index (χ0n) is 23.6. The number of hydrogen-bond acceptors (Lipinski definition) is 5. The Kier molecular flexibility index (Phi) is 7.58. The maximum atomic E-state index is 13.8. The van der Waals surface area contributed by atoms with Crippen molar-refractivity contribution in [2.24, 2.45) is 17.8 Å². The minimum atomic E-state index is -0.977. The maximum absolute atomic E-state index is 13.8. The summed E-state index contributed by atoms with van der Waals surface area (Å²) in [6.07, 6.45) is 5.96. The Morgan fingerprint density at radius 2 is 1.73 bits per heavy atom. The molecular formula is C34H36BNO5. The summed E-state index contributed by atoms with van der Waals surface area (Å²) in [7, 11) is -0.977. The first-order chi connectivity index (χ1) is 19.9. The third-order valence-electron chi connectivity index (χ3n) is 9.01. The molecule has 2 N–H and O–H groups in total. The number of allylic oxidation sites excluding steroid dienone is 2. The monoisotopic (exact) mass is 549 g/mol. The Labute approximate surface area is 241 Å². The van der Waals surface area contributed by atoms with Crippen LogP contribution in [0.1, 0.15) is 51.5 Å². The third-order valence-corrected chi connectivity index (χ3v) is 9.01. The number of carbonyl (C=O) groups excluding carboxylic acids is 2. The van der Waals surface area contributed by atoms with E-state index in [4.69, 9.17) is 4.65 Å². The standard InChI is InChI=1S/C34H36BNO5/c1-3-9-23-19-27-32(34(39)36(33(27)38)24-10-5-4-6-11-24)28-20-35(40)41-30(31(23)28)17-14-21(2)18-22-15-16-29(37)26-13-8-7-12-25(22)26/h4-8,10-13,15-16,18,27-28,30,32,37,40H,3,9,14,17,19-20H2,1-2H3/b21-18+/t27-,28+,30-,32-/m1/s1. The van der Waals surface area contributed by atoms with E-state index in [0.29, 0.717) is 24.8 Å². The molecule has 210 valence electrons. The summed E-state index contributed by atoms with van der Waals surface area (Å²) in [5.41, 5.74) is 5.17. The van der Waals surface area contributed by atoms with Crippen molar-refractivity contribution in [3.8, 4) is 5.75 Å². The fraction of sp³-hybridized carbons (Fsp3) is 0.353. The van der Waals surface area contributed by atoms with E-state index in [1.54, 1.807) is 6.07 Å². The lowest BCUT2D eigenvalue weighted by Crippen LogP contribution is -2.46. The average molecular weight is 549 g/mol. The van der Waals surface area contributed by atoms with E-state index in [2.05, 4.69) is 19.9 Å². The number of rotatable bonds is 7. The molecule has 0 spiro atoms. The molecule has 2 heterocycles. The molecule has 7 heteroatoms. The van der Waals surface area contributed by atoms with Gasteiger partial charge >= 0.3 is 7.12 Å². The molecule has 41 heavy (non-hydrogen) atoms. The molecule has 3 aromatic carbocycles. The van der Waals surface area contributed by atoms with Crippen molar-refractivity contribution in [2.75, 3.05) is 4.90 Å². The Morgan fingerprint density at radius 3 is 2.49 bits per heavy atom. The third kappa shape index (κ3) is 5.02. The molecule has 0 bridgehead atoms. The molecule has 0 radical (unpaired) electrons. The van der Waals surface area contributed by atoms with Crippen LogP contribution in [-0.4, -0.2) is 35.2 Å². The van der Waals surface area contributed by atoms with Crippen molar-refractivity contribution in [1.82, 2.24) is 0 Å². The normalized spacial score (nSPS) is 24.7. The Morgan fingerprint density at radius 1 is 1.00 bits per heavy atom. The van der Waals surface area contributed by atoms with Crippen LogP contribution in [0.25, 0.3) is 16.8 Å². The molecule has 1 aliphatic carbocycles. The van der Waals surface area contributed by atoms with Crippen LogP contribution in [0.15, 0.2) is 83.4 Å². The van der Waals surface area contributed by atoms with Crippen LogP contribution in [0, 0.1) is 17.8 Å². The number of amides is 2. The second-order valence-electron chi connectivity index (χ2n) is 11.7. The van der Waals surface area contributed by atoms with Gasteiger partial charge in [-0.3, -0.25) is 14.5 Å². The van der Waals surface area contributed by atoms with Gasteiger partial charge in [0.15, 0.2) is 0 Å². The van der Waals surface area contributed by atoms with E-state index in [9.17, 15) is 19.7 Å². The van der Waals surface area contributed by atoms with Crippen LogP contribution in [0.2, 0.25) is 6.32 Å². The van der Waals surface area contributed by atoms with Gasteiger partial charge in [0.1, 0.15) is 5.75 Å². The van der Waals surface area contributed by atoms with Gasteiger partial charge in [-0.2, -0.15) is 0 Å². The lowest BCUT2D eigenvalue weighted by molar-refractivity contribution is -0.122. The molecule has 0 unspecified atom stereocenters. The quantitative estimate of drug-likeness (QED) is 0.199. The lowest BCUT2D eigenvalue weighted by Gasteiger charge is -2.43. The zero-order chi connectivity index (χ0) is 28.7. The number of nitrogens with zero attached hydrogens (tertiary/aromatic N) is 1. The van der Waals surface area contributed by atoms with Crippen molar-refractivity contribution in [3.05, 3.63) is 89.0 Å². The number of carbonyl (C=O) groups is 2. The number of aromatic hydroxyl groups is 1. The first-order valence-corrected chi connectivity index (χ1v) is 14.7. The van der Waals surface area contributed by atoms with E-state index >= 15 is 0 Å². The topological polar surface area (TPSA) is 87.1 Å². The molecular weight excluding hydrogens is 513 g/mol. The van der Waals surface area contributed by atoms with Gasteiger partial charge in [0.05, 0.1) is 23.6 Å². The maximum Gasteiger partial charge on any atom is 0.455 e. The van der Waals surface area contributed by atoms with Crippen LogP contribution in [-0.2, 0) is 14.2 Å². The van der Waals surface area contributed by atoms with Crippen molar-refractivity contribution in [2.45, 2.75) is 58.4 Å². The Hall–Kier alpha value is -3.68. The van der Waals surface area contributed by atoms with Gasteiger partial charge in [0.25, 0.3) is 0 Å². The number of anilines is 1. The van der Waals surface area contributed by atoms with Gasteiger partial charge < -0.3 is 14.8 Å². The average Bonchev–Trinajstić information content (AvgIpc) is 3.23. The fourth-order valence-corrected chi connectivity index (χ4v) is 7.26. The van der Waals surface area contributed by atoms with Gasteiger partial charge in [-0.15, -0.1) is 0 Å². The van der Waals surface area contributed by atoms with Crippen LogP contribution < -0.4 is 4.90 Å². The highest BCUT2D eigenvalue weighted by atomic mass is 16.5. The number of hydrogen-bond donors (Lipinski definition) is 2. The second kappa shape index (κ2) is 11.3. The van der Waals surface area contributed by atoms with Crippen molar-refractivity contribution >= 4 is 41.5 Å². The summed E-state index contributed by atoms with van der Waals surface area (Å²) in [6.45, 7) is 4.22. The number of benzene rings is 3. The number of phenolic OH excluding ortho intramolecular Hbond substituents is 1. The van der Waals surface area contributed by atoms with E-state index in [1.807, 2.05) is 60.7 Å². The van der Waals surface area contributed by atoms with E-state index < -0.39 is 19.0 Å². The summed E-state index contributed by atoms with van der Waals surface area (Å²) in [5, 5.41) is 22.9. The molecule has 2 fully saturated rings. The molecule has 0 aromatic heterocycles. The van der Waals surface area contributed by atoms with E-state index in [1.165, 1.54) is 10.5 Å². The summed E-state index contributed by atoms with van der Waals surface area (Å²) in [5.74, 6) is -1.10. The minimum Gasteiger partial charge on any atom is -0.507 e. The Bertz CT molecular complexity index is 1550. The highest BCUT2D eigenvalue weighted by molar-refractivity contribution is 6.43. The molecule has 2 saturated heterocycles. The van der Waals surface area contributed by atoms with Crippen LogP contribution in [0.4, 0.5) is 5.69 Å². The smallest absolute Gasteiger partial charge is 0.455 e. The minimum absolute atomic E-state index is 0.128.